The lowest BCUT2D eigenvalue weighted by Gasteiger charge is -2.37. The lowest BCUT2D eigenvalue weighted by Crippen LogP contribution is -2.39. The normalized spacial score (nSPS) is 14.8. The third-order valence-electron chi connectivity index (χ3n) is 6.49. The highest BCUT2D eigenvalue weighted by atomic mass is 15.3. The van der Waals surface area contributed by atoms with Crippen molar-refractivity contribution in [2.75, 3.05) is 23.5 Å². The first-order chi connectivity index (χ1) is 14.6. The molecule has 2 heteroatoms. The zero-order valence-electron chi connectivity index (χ0n) is 18.0. The average Bonchev–Trinajstić information content (AvgIpc) is 3.13. The Kier molecular flexibility index (Phi) is 4.71. The zero-order valence-corrected chi connectivity index (χ0v) is 18.0. The van der Waals surface area contributed by atoms with E-state index >= 15 is 0 Å². The molecule has 4 aromatic carbocycles. The molecule has 0 amide bonds. The molecule has 0 radical (unpaired) electrons. The van der Waals surface area contributed by atoms with Gasteiger partial charge in [-0.25, -0.2) is 0 Å². The van der Waals surface area contributed by atoms with Crippen molar-refractivity contribution in [2.24, 2.45) is 0 Å². The summed E-state index contributed by atoms with van der Waals surface area (Å²) in [5.74, 6) is 0. The molecule has 1 aliphatic rings. The highest BCUT2D eigenvalue weighted by molar-refractivity contribution is 5.92. The van der Waals surface area contributed by atoms with Crippen molar-refractivity contribution in [3.05, 3.63) is 107 Å². The molecule has 5 rings (SSSR count). The maximum Gasteiger partial charge on any atom is 0.0906 e. The van der Waals surface area contributed by atoms with E-state index in [4.69, 9.17) is 0 Å². The lowest BCUT2D eigenvalue weighted by atomic mass is 10.0. The molecule has 0 aliphatic heterocycles. The van der Waals surface area contributed by atoms with Gasteiger partial charge in [-0.1, -0.05) is 72.8 Å². The first kappa shape index (κ1) is 18.7. The van der Waals surface area contributed by atoms with Gasteiger partial charge in [-0.05, 0) is 65.4 Å². The molecule has 150 valence electrons. The second-order valence-corrected chi connectivity index (χ2v) is 8.46. The summed E-state index contributed by atoms with van der Waals surface area (Å²) in [5, 5.41) is 2.80. The van der Waals surface area contributed by atoms with Gasteiger partial charge in [0.15, 0.2) is 0 Å². The largest absolute Gasteiger partial charge is 0.357 e. The van der Waals surface area contributed by atoms with Crippen LogP contribution in [-0.4, -0.2) is 13.7 Å². The summed E-state index contributed by atoms with van der Waals surface area (Å²) in [6, 6.07) is 31.3. The van der Waals surface area contributed by atoms with E-state index < -0.39 is 0 Å². The SMILES string of the molecule is Cc1ccccc1N(C)CN(c1ccccc1C)[C@H]1Cc2cccc3cccc1c23. The van der Waals surface area contributed by atoms with Crippen LogP contribution >= 0.6 is 0 Å². The minimum absolute atomic E-state index is 0.332. The third kappa shape index (κ3) is 3.13. The topological polar surface area (TPSA) is 6.48 Å². The maximum atomic E-state index is 2.59. The highest BCUT2D eigenvalue weighted by Gasteiger charge is 2.30. The molecule has 30 heavy (non-hydrogen) atoms. The number of hydrogen-bond acceptors (Lipinski definition) is 2. The number of para-hydroxylation sites is 2. The van der Waals surface area contributed by atoms with Crippen molar-refractivity contribution in [3.63, 3.8) is 0 Å². The molecule has 0 heterocycles. The van der Waals surface area contributed by atoms with Crippen LogP contribution in [0.25, 0.3) is 10.8 Å². The molecule has 0 spiro atoms. The van der Waals surface area contributed by atoms with Gasteiger partial charge in [-0.15, -0.1) is 0 Å². The minimum Gasteiger partial charge on any atom is -0.357 e. The number of benzene rings is 4. The summed E-state index contributed by atoms with van der Waals surface area (Å²) >= 11 is 0. The summed E-state index contributed by atoms with van der Waals surface area (Å²) in [4.78, 5) is 4.97. The number of aryl methyl sites for hydroxylation is 2. The van der Waals surface area contributed by atoms with Crippen LogP contribution in [0, 0.1) is 13.8 Å². The third-order valence-corrected chi connectivity index (χ3v) is 6.49. The Hall–Kier alpha value is -3.26. The fourth-order valence-electron chi connectivity index (χ4n) is 5.02. The van der Waals surface area contributed by atoms with Gasteiger partial charge in [0.25, 0.3) is 0 Å². The van der Waals surface area contributed by atoms with Crippen LogP contribution in [0.5, 0.6) is 0 Å². The molecule has 2 nitrogen and oxygen atoms in total. The number of nitrogens with zero attached hydrogens (tertiary/aromatic N) is 2. The summed E-state index contributed by atoms with van der Waals surface area (Å²) in [6.07, 6.45) is 1.05. The summed E-state index contributed by atoms with van der Waals surface area (Å²) in [5.41, 5.74) is 8.13. The van der Waals surface area contributed by atoms with Crippen LogP contribution in [0.3, 0.4) is 0 Å². The summed E-state index contributed by atoms with van der Waals surface area (Å²) in [6.45, 7) is 5.25. The van der Waals surface area contributed by atoms with Crippen LogP contribution < -0.4 is 9.80 Å². The van der Waals surface area contributed by atoms with Crippen LogP contribution in [-0.2, 0) is 6.42 Å². The van der Waals surface area contributed by atoms with Gasteiger partial charge in [0.2, 0.25) is 0 Å². The number of rotatable bonds is 5. The molecular formula is C28H28N2. The Morgan fingerprint density at radius 3 is 2.07 bits per heavy atom. The summed E-state index contributed by atoms with van der Waals surface area (Å²) < 4.78 is 0. The van der Waals surface area contributed by atoms with Gasteiger partial charge in [0, 0.05) is 18.4 Å². The molecule has 0 bridgehead atoms. The van der Waals surface area contributed by atoms with Gasteiger partial charge in [0.05, 0.1) is 12.7 Å². The Labute approximate surface area is 179 Å². The van der Waals surface area contributed by atoms with E-state index in [2.05, 4.69) is 116 Å². The number of hydrogen-bond donors (Lipinski definition) is 0. The first-order valence-electron chi connectivity index (χ1n) is 10.7. The van der Waals surface area contributed by atoms with Crippen molar-refractivity contribution < 1.29 is 0 Å². The maximum absolute atomic E-state index is 2.59. The van der Waals surface area contributed by atoms with E-state index in [-0.39, 0.29) is 0 Å². The van der Waals surface area contributed by atoms with Crippen LogP contribution in [0.15, 0.2) is 84.9 Å². The molecule has 1 aliphatic carbocycles. The molecule has 4 aromatic rings. The predicted molar refractivity (Wildman–Crippen MR) is 129 cm³/mol. The molecule has 0 unspecified atom stereocenters. The van der Waals surface area contributed by atoms with Crippen LogP contribution in [0.4, 0.5) is 11.4 Å². The molecule has 0 fully saturated rings. The second kappa shape index (κ2) is 7.53. The Balaban J connectivity index is 1.59. The fourth-order valence-corrected chi connectivity index (χ4v) is 5.02. The molecule has 0 aromatic heterocycles. The average molecular weight is 393 g/mol. The van der Waals surface area contributed by atoms with Gasteiger partial charge < -0.3 is 9.80 Å². The smallest absolute Gasteiger partial charge is 0.0906 e. The van der Waals surface area contributed by atoms with Gasteiger partial charge in [-0.2, -0.15) is 0 Å². The lowest BCUT2D eigenvalue weighted by molar-refractivity contribution is 0.629. The second-order valence-electron chi connectivity index (χ2n) is 8.46. The van der Waals surface area contributed by atoms with E-state index in [9.17, 15) is 0 Å². The Morgan fingerprint density at radius 2 is 1.37 bits per heavy atom. The van der Waals surface area contributed by atoms with E-state index in [0.29, 0.717) is 6.04 Å². The Bertz CT molecular complexity index is 1200. The summed E-state index contributed by atoms with van der Waals surface area (Å²) in [7, 11) is 2.20. The predicted octanol–water partition coefficient (Wildman–Crippen LogP) is 6.65. The minimum atomic E-state index is 0.332. The monoisotopic (exact) mass is 392 g/mol. The Morgan fingerprint density at radius 1 is 0.733 bits per heavy atom. The van der Waals surface area contributed by atoms with Crippen molar-refractivity contribution in [3.8, 4) is 0 Å². The van der Waals surface area contributed by atoms with Crippen molar-refractivity contribution >= 4 is 22.1 Å². The van der Waals surface area contributed by atoms with E-state index in [1.54, 1.807) is 0 Å². The quantitative estimate of drug-likeness (QED) is 0.351. The van der Waals surface area contributed by atoms with Crippen LogP contribution in [0.2, 0.25) is 0 Å². The van der Waals surface area contributed by atoms with E-state index in [0.717, 1.165) is 13.1 Å². The molecular weight excluding hydrogens is 364 g/mol. The highest BCUT2D eigenvalue weighted by Crippen LogP contribution is 2.42. The molecule has 0 saturated heterocycles. The molecule has 1 atom stereocenters. The van der Waals surface area contributed by atoms with Crippen molar-refractivity contribution in [1.82, 2.24) is 0 Å². The van der Waals surface area contributed by atoms with Gasteiger partial charge >= 0.3 is 0 Å². The zero-order chi connectivity index (χ0) is 20.7. The molecule has 0 N–H and O–H groups in total. The van der Waals surface area contributed by atoms with Gasteiger partial charge in [0.1, 0.15) is 0 Å². The van der Waals surface area contributed by atoms with E-state index in [1.807, 2.05) is 0 Å². The number of anilines is 2. The van der Waals surface area contributed by atoms with Crippen molar-refractivity contribution in [2.45, 2.75) is 26.3 Å². The van der Waals surface area contributed by atoms with Gasteiger partial charge in [-0.3, -0.25) is 0 Å². The van der Waals surface area contributed by atoms with Crippen molar-refractivity contribution in [1.29, 1.82) is 0 Å². The standard InChI is InChI=1S/C28H28N2/c1-20-10-4-6-16-25(20)29(3)19-30(26-17-7-5-11-21(26)2)27-18-23-14-8-12-22-13-9-15-24(27)28(22)23/h4-17,27H,18-19H2,1-3H3/t27-/m0/s1. The van der Waals surface area contributed by atoms with E-state index in [1.165, 1.54) is 44.4 Å². The van der Waals surface area contributed by atoms with Crippen LogP contribution in [0.1, 0.15) is 28.3 Å². The molecule has 0 saturated carbocycles. The fraction of sp³-hybridized carbons (Fsp3) is 0.214. The first-order valence-corrected chi connectivity index (χ1v) is 10.7.